The maximum absolute atomic E-state index is 12.1. The fraction of sp³-hybridized carbons (Fsp3) is 0.381. The number of ether oxygens (including phenoxy) is 1. The van der Waals surface area contributed by atoms with Gasteiger partial charge in [-0.2, -0.15) is 0 Å². The van der Waals surface area contributed by atoms with Crippen molar-refractivity contribution in [2.45, 2.75) is 32.7 Å². The van der Waals surface area contributed by atoms with Crippen LogP contribution in [0.4, 0.5) is 0 Å². The van der Waals surface area contributed by atoms with Gasteiger partial charge in [-0.3, -0.25) is 0 Å². The summed E-state index contributed by atoms with van der Waals surface area (Å²) in [6, 6.07) is 18.1. The standard InChI is InChI=1S/C21H27NO2/c1-21(2,3)19-12-10-18(11-13-19)20(23)24-15-14-22(4)16-17-8-6-5-7-9-17/h5-13H,14-16H2,1-4H3/p+1. The molecular formula is C21H28NO2+. The Morgan fingerprint density at radius 1 is 1.00 bits per heavy atom. The molecule has 0 saturated carbocycles. The monoisotopic (exact) mass is 326 g/mol. The average Bonchev–Trinajstić information content (AvgIpc) is 2.55. The molecule has 0 fully saturated rings. The molecule has 0 spiro atoms. The minimum atomic E-state index is -0.247. The van der Waals surface area contributed by atoms with Crippen LogP contribution in [0.3, 0.4) is 0 Å². The summed E-state index contributed by atoms with van der Waals surface area (Å²) in [5.41, 5.74) is 3.21. The summed E-state index contributed by atoms with van der Waals surface area (Å²) >= 11 is 0. The molecule has 0 aliphatic carbocycles. The number of esters is 1. The van der Waals surface area contributed by atoms with E-state index in [1.807, 2.05) is 42.5 Å². The van der Waals surface area contributed by atoms with Gasteiger partial charge in [0.2, 0.25) is 0 Å². The van der Waals surface area contributed by atoms with Gasteiger partial charge in [-0.25, -0.2) is 4.79 Å². The third kappa shape index (κ3) is 5.50. The largest absolute Gasteiger partial charge is 0.456 e. The number of benzene rings is 2. The molecule has 0 saturated heterocycles. The molecule has 1 unspecified atom stereocenters. The normalized spacial score (nSPS) is 12.7. The van der Waals surface area contributed by atoms with Crippen LogP contribution in [-0.4, -0.2) is 26.2 Å². The third-order valence-electron chi connectivity index (χ3n) is 4.10. The fourth-order valence-electron chi connectivity index (χ4n) is 2.54. The lowest BCUT2D eigenvalue weighted by Gasteiger charge is -2.19. The van der Waals surface area contributed by atoms with Crippen LogP contribution < -0.4 is 4.90 Å². The molecule has 2 aromatic rings. The Hall–Kier alpha value is -2.13. The van der Waals surface area contributed by atoms with Gasteiger partial charge in [0.25, 0.3) is 0 Å². The summed E-state index contributed by atoms with van der Waals surface area (Å²) in [5, 5.41) is 0. The fourth-order valence-corrected chi connectivity index (χ4v) is 2.54. The van der Waals surface area contributed by atoms with E-state index in [0.29, 0.717) is 12.2 Å². The number of nitrogens with one attached hydrogen (secondary N) is 1. The van der Waals surface area contributed by atoms with E-state index in [4.69, 9.17) is 4.74 Å². The molecule has 0 bridgehead atoms. The van der Waals surface area contributed by atoms with Crippen LogP contribution in [0.25, 0.3) is 0 Å². The maximum atomic E-state index is 12.1. The zero-order valence-electron chi connectivity index (χ0n) is 15.1. The van der Waals surface area contributed by atoms with Crippen molar-refractivity contribution >= 4 is 5.97 Å². The quantitative estimate of drug-likeness (QED) is 0.828. The van der Waals surface area contributed by atoms with Crippen molar-refractivity contribution in [1.82, 2.24) is 0 Å². The van der Waals surface area contributed by atoms with Crippen LogP contribution in [0, 0.1) is 0 Å². The van der Waals surface area contributed by atoms with Gasteiger partial charge in [-0.1, -0.05) is 63.2 Å². The first-order chi connectivity index (χ1) is 11.4. The van der Waals surface area contributed by atoms with E-state index in [2.05, 4.69) is 40.0 Å². The lowest BCUT2D eigenvalue weighted by Crippen LogP contribution is -3.08. The zero-order valence-corrected chi connectivity index (χ0v) is 15.1. The topological polar surface area (TPSA) is 30.7 Å². The molecule has 0 aliphatic heterocycles. The molecule has 1 atom stereocenters. The van der Waals surface area contributed by atoms with Gasteiger partial charge in [0.1, 0.15) is 19.7 Å². The van der Waals surface area contributed by atoms with Crippen LogP contribution in [0.2, 0.25) is 0 Å². The smallest absolute Gasteiger partial charge is 0.338 e. The van der Waals surface area contributed by atoms with E-state index in [9.17, 15) is 4.79 Å². The van der Waals surface area contributed by atoms with Gasteiger partial charge in [-0.05, 0) is 23.1 Å². The van der Waals surface area contributed by atoms with E-state index in [-0.39, 0.29) is 11.4 Å². The minimum absolute atomic E-state index is 0.0892. The van der Waals surface area contributed by atoms with E-state index < -0.39 is 0 Å². The highest BCUT2D eigenvalue weighted by atomic mass is 16.5. The van der Waals surface area contributed by atoms with Crippen LogP contribution in [-0.2, 0) is 16.7 Å². The number of quaternary nitrogens is 1. The van der Waals surface area contributed by atoms with Gasteiger partial charge in [-0.15, -0.1) is 0 Å². The molecule has 24 heavy (non-hydrogen) atoms. The van der Waals surface area contributed by atoms with E-state index in [0.717, 1.165) is 13.1 Å². The first kappa shape index (κ1) is 18.2. The molecule has 3 heteroatoms. The van der Waals surface area contributed by atoms with Gasteiger partial charge in [0.05, 0.1) is 12.6 Å². The zero-order chi connectivity index (χ0) is 17.6. The molecule has 0 aliphatic rings. The predicted octanol–water partition coefficient (Wildman–Crippen LogP) is 2.86. The highest BCUT2D eigenvalue weighted by molar-refractivity contribution is 5.89. The van der Waals surface area contributed by atoms with Gasteiger partial charge >= 0.3 is 5.97 Å². The Balaban J connectivity index is 1.78. The van der Waals surface area contributed by atoms with Crippen LogP contribution in [0.5, 0.6) is 0 Å². The third-order valence-corrected chi connectivity index (χ3v) is 4.10. The lowest BCUT2D eigenvalue weighted by atomic mass is 9.87. The van der Waals surface area contributed by atoms with Crippen molar-refractivity contribution in [1.29, 1.82) is 0 Å². The second-order valence-electron chi connectivity index (χ2n) is 7.33. The summed E-state index contributed by atoms with van der Waals surface area (Å²) in [5.74, 6) is -0.247. The summed E-state index contributed by atoms with van der Waals surface area (Å²) in [4.78, 5) is 13.4. The number of hydrogen-bond donors (Lipinski definition) is 1. The molecule has 128 valence electrons. The van der Waals surface area contributed by atoms with Crippen molar-refractivity contribution in [2.24, 2.45) is 0 Å². The number of hydrogen-bond acceptors (Lipinski definition) is 2. The molecule has 1 N–H and O–H groups in total. The number of carbonyl (C=O) groups is 1. The Bertz CT molecular complexity index is 642. The molecule has 0 amide bonds. The lowest BCUT2D eigenvalue weighted by molar-refractivity contribution is -0.893. The van der Waals surface area contributed by atoms with E-state index in [1.54, 1.807) is 0 Å². The molecule has 3 nitrogen and oxygen atoms in total. The van der Waals surface area contributed by atoms with Crippen molar-refractivity contribution in [3.8, 4) is 0 Å². The highest BCUT2D eigenvalue weighted by Gasteiger charge is 2.15. The average molecular weight is 326 g/mol. The highest BCUT2D eigenvalue weighted by Crippen LogP contribution is 2.22. The van der Waals surface area contributed by atoms with Crippen LogP contribution in [0.1, 0.15) is 42.3 Å². The summed E-state index contributed by atoms with van der Waals surface area (Å²) in [7, 11) is 2.11. The Labute approximate surface area is 145 Å². The summed E-state index contributed by atoms with van der Waals surface area (Å²) in [6.07, 6.45) is 0. The molecule has 0 heterocycles. The first-order valence-corrected chi connectivity index (χ1v) is 8.49. The molecule has 2 aromatic carbocycles. The Kier molecular flexibility index (Phi) is 6.16. The van der Waals surface area contributed by atoms with Gasteiger partial charge in [0, 0.05) is 5.56 Å². The van der Waals surface area contributed by atoms with Gasteiger partial charge < -0.3 is 9.64 Å². The number of rotatable bonds is 6. The molecule has 0 aromatic heterocycles. The van der Waals surface area contributed by atoms with Crippen molar-refractivity contribution < 1.29 is 14.4 Å². The van der Waals surface area contributed by atoms with Crippen molar-refractivity contribution in [3.63, 3.8) is 0 Å². The Morgan fingerprint density at radius 3 is 2.21 bits per heavy atom. The van der Waals surface area contributed by atoms with E-state index >= 15 is 0 Å². The van der Waals surface area contributed by atoms with Crippen molar-refractivity contribution in [2.75, 3.05) is 20.2 Å². The van der Waals surface area contributed by atoms with E-state index in [1.165, 1.54) is 16.0 Å². The molecular weight excluding hydrogens is 298 g/mol. The number of carbonyl (C=O) groups excluding carboxylic acids is 1. The second-order valence-corrected chi connectivity index (χ2v) is 7.33. The SMILES string of the molecule is C[NH+](CCOC(=O)c1ccc(C(C)(C)C)cc1)Cc1ccccc1. The first-order valence-electron chi connectivity index (χ1n) is 8.49. The van der Waals surface area contributed by atoms with Crippen molar-refractivity contribution in [3.05, 3.63) is 71.3 Å². The number of likely N-dealkylation sites (N-methyl/N-ethyl adjacent to an activating group) is 1. The maximum Gasteiger partial charge on any atom is 0.338 e. The predicted molar refractivity (Wildman–Crippen MR) is 97.3 cm³/mol. The minimum Gasteiger partial charge on any atom is -0.456 e. The molecule has 2 rings (SSSR count). The Morgan fingerprint density at radius 2 is 1.62 bits per heavy atom. The second kappa shape index (κ2) is 8.11. The summed E-state index contributed by atoms with van der Waals surface area (Å²) < 4.78 is 5.40. The summed E-state index contributed by atoms with van der Waals surface area (Å²) in [6.45, 7) is 8.63. The molecule has 0 radical (unpaired) electrons. The van der Waals surface area contributed by atoms with Crippen LogP contribution >= 0.6 is 0 Å². The van der Waals surface area contributed by atoms with Gasteiger partial charge in [0.15, 0.2) is 0 Å². The van der Waals surface area contributed by atoms with Crippen LogP contribution in [0.15, 0.2) is 54.6 Å².